The van der Waals surface area contributed by atoms with Gasteiger partial charge in [0, 0.05) is 0 Å². The molecule has 1 unspecified atom stereocenters. The Hall–Kier alpha value is -1.00. The number of oxime groups is 1. The molecule has 64 valence electrons. The van der Waals surface area contributed by atoms with Gasteiger partial charge in [-0.3, -0.25) is 0 Å². The van der Waals surface area contributed by atoms with Crippen LogP contribution in [0.25, 0.3) is 0 Å². The maximum absolute atomic E-state index is 9.42. The number of nitrogens with zero attached hydrogens (tertiary/aromatic N) is 1. The minimum Gasteiger partial charge on any atom is -0.410 e. The van der Waals surface area contributed by atoms with Gasteiger partial charge in [0.05, 0.1) is 0 Å². The highest BCUT2D eigenvalue weighted by Crippen LogP contribution is 2.15. The molecule has 1 aromatic carbocycles. The van der Waals surface area contributed by atoms with Crippen molar-refractivity contribution >= 4 is 17.7 Å². The van der Waals surface area contributed by atoms with Crippen molar-refractivity contribution in [3.63, 3.8) is 0 Å². The van der Waals surface area contributed by atoms with E-state index in [-0.39, 0.29) is 5.04 Å². The van der Waals surface area contributed by atoms with Gasteiger partial charge in [-0.25, -0.2) is 0 Å². The summed E-state index contributed by atoms with van der Waals surface area (Å²) in [5.41, 5.74) is 0.653. The number of thiol groups is 1. The van der Waals surface area contributed by atoms with Crippen molar-refractivity contribution in [2.75, 3.05) is 0 Å². The summed E-state index contributed by atoms with van der Waals surface area (Å²) in [5.74, 6) is 0. The molecule has 12 heavy (non-hydrogen) atoms. The SMILES string of the molecule is O/N=C(\S)C(O)c1ccccc1. The zero-order valence-electron chi connectivity index (χ0n) is 6.25. The molecule has 0 aliphatic rings. The Bertz CT molecular complexity index is 274. The molecule has 1 atom stereocenters. The molecule has 1 aromatic rings. The Labute approximate surface area is 75.8 Å². The number of benzene rings is 1. The molecule has 0 spiro atoms. The molecule has 4 heteroatoms. The minimum atomic E-state index is -0.945. The summed E-state index contributed by atoms with van der Waals surface area (Å²) in [6.07, 6.45) is -0.945. The van der Waals surface area contributed by atoms with Crippen molar-refractivity contribution in [2.45, 2.75) is 6.10 Å². The van der Waals surface area contributed by atoms with Gasteiger partial charge >= 0.3 is 0 Å². The molecule has 0 amide bonds. The second kappa shape index (κ2) is 4.13. The van der Waals surface area contributed by atoms with Gasteiger partial charge < -0.3 is 10.3 Å². The third kappa shape index (κ3) is 1.99. The smallest absolute Gasteiger partial charge is 0.142 e. The van der Waals surface area contributed by atoms with Crippen LogP contribution in [0.1, 0.15) is 11.7 Å². The van der Waals surface area contributed by atoms with E-state index in [1.54, 1.807) is 24.3 Å². The zero-order chi connectivity index (χ0) is 8.97. The first kappa shape index (κ1) is 9.09. The summed E-state index contributed by atoms with van der Waals surface area (Å²) in [6.45, 7) is 0. The number of hydrogen-bond acceptors (Lipinski definition) is 3. The van der Waals surface area contributed by atoms with Crippen LogP contribution >= 0.6 is 12.6 Å². The van der Waals surface area contributed by atoms with Crippen LogP contribution in [-0.4, -0.2) is 15.4 Å². The van der Waals surface area contributed by atoms with Crippen molar-refractivity contribution in [3.05, 3.63) is 35.9 Å². The Morgan fingerprint density at radius 2 is 1.92 bits per heavy atom. The van der Waals surface area contributed by atoms with Crippen molar-refractivity contribution in [1.82, 2.24) is 0 Å². The summed E-state index contributed by atoms with van der Waals surface area (Å²) in [4.78, 5) is 0. The van der Waals surface area contributed by atoms with Crippen molar-refractivity contribution in [2.24, 2.45) is 5.16 Å². The van der Waals surface area contributed by atoms with Gasteiger partial charge in [0.2, 0.25) is 0 Å². The fraction of sp³-hybridized carbons (Fsp3) is 0.125. The lowest BCUT2D eigenvalue weighted by Gasteiger charge is -2.07. The number of hydrogen-bond donors (Lipinski definition) is 3. The largest absolute Gasteiger partial charge is 0.410 e. The fourth-order valence-corrected chi connectivity index (χ4v) is 0.988. The van der Waals surface area contributed by atoms with Gasteiger partial charge in [-0.05, 0) is 5.56 Å². The maximum atomic E-state index is 9.42. The van der Waals surface area contributed by atoms with Crippen LogP contribution in [0.15, 0.2) is 35.5 Å². The molecule has 0 saturated heterocycles. The molecular formula is C8H9NO2S. The van der Waals surface area contributed by atoms with Gasteiger partial charge in [-0.15, -0.1) is 12.6 Å². The fourth-order valence-electron chi connectivity index (χ4n) is 0.839. The molecule has 0 bridgehead atoms. The molecule has 0 saturated carbocycles. The van der Waals surface area contributed by atoms with Crippen LogP contribution < -0.4 is 0 Å². The molecule has 0 aliphatic heterocycles. The third-order valence-corrected chi connectivity index (χ3v) is 1.80. The first-order valence-electron chi connectivity index (χ1n) is 3.39. The predicted molar refractivity (Wildman–Crippen MR) is 49.6 cm³/mol. The molecule has 1 rings (SSSR count). The quantitative estimate of drug-likeness (QED) is 0.214. The van der Waals surface area contributed by atoms with Crippen LogP contribution in [0.3, 0.4) is 0 Å². The molecule has 2 N–H and O–H groups in total. The molecule has 0 fully saturated rings. The monoisotopic (exact) mass is 183 g/mol. The number of aliphatic hydroxyl groups is 1. The second-order valence-electron chi connectivity index (χ2n) is 2.27. The summed E-state index contributed by atoms with van der Waals surface area (Å²) in [6, 6.07) is 8.87. The lowest BCUT2D eigenvalue weighted by atomic mass is 10.1. The molecule has 0 radical (unpaired) electrons. The van der Waals surface area contributed by atoms with E-state index in [0.717, 1.165) is 0 Å². The highest BCUT2D eigenvalue weighted by Gasteiger charge is 2.10. The summed E-state index contributed by atoms with van der Waals surface area (Å²) in [7, 11) is 0. The average Bonchev–Trinajstić information content (AvgIpc) is 2.17. The maximum Gasteiger partial charge on any atom is 0.142 e. The topological polar surface area (TPSA) is 52.8 Å². The van der Waals surface area contributed by atoms with E-state index in [1.165, 1.54) is 0 Å². The highest BCUT2D eigenvalue weighted by atomic mass is 32.1. The molecule has 3 nitrogen and oxygen atoms in total. The van der Waals surface area contributed by atoms with Crippen molar-refractivity contribution < 1.29 is 10.3 Å². The Morgan fingerprint density at radius 3 is 2.42 bits per heavy atom. The lowest BCUT2D eigenvalue weighted by Crippen LogP contribution is -2.05. The molecular weight excluding hydrogens is 174 g/mol. The Kier molecular flexibility index (Phi) is 3.13. The minimum absolute atomic E-state index is 0.0128. The van der Waals surface area contributed by atoms with E-state index in [2.05, 4.69) is 17.8 Å². The normalized spacial score (nSPS) is 14.3. The standard InChI is InChI=1S/C8H9NO2S/c10-7(8(12)9-11)6-4-2-1-3-5-6/h1-5,7,10-11H,(H,9,12). The van der Waals surface area contributed by atoms with Crippen molar-refractivity contribution in [3.8, 4) is 0 Å². The average molecular weight is 183 g/mol. The van der Waals surface area contributed by atoms with E-state index < -0.39 is 6.10 Å². The van der Waals surface area contributed by atoms with Crippen LogP contribution in [0.2, 0.25) is 0 Å². The molecule has 0 heterocycles. The molecule has 0 aromatic heterocycles. The van der Waals surface area contributed by atoms with Crippen LogP contribution in [-0.2, 0) is 0 Å². The highest BCUT2D eigenvalue weighted by molar-refractivity contribution is 7.97. The summed E-state index contributed by atoms with van der Waals surface area (Å²) < 4.78 is 0. The van der Waals surface area contributed by atoms with Crippen LogP contribution in [0, 0.1) is 0 Å². The Morgan fingerprint density at radius 1 is 1.33 bits per heavy atom. The van der Waals surface area contributed by atoms with E-state index in [9.17, 15) is 5.11 Å². The van der Waals surface area contributed by atoms with Gasteiger partial charge in [-0.1, -0.05) is 35.5 Å². The molecule has 0 aliphatic carbocycles. The first-order valence-corrected chi connectivity index (χ1v) is 3.84. The van der Waals surface area contributed by atoms with E-state index in [0.29, 0.717) is 5.56 Å². The third-order valence-electron chi connectivity index (χ3n) is 1.46. The predicted octanol–water partition coefficient (Wildman–Crippen LogP) is 1.44. The zero-order valence-corrected chi connectivity index (χ0v) is 7.15. The van der Waals surface area contributed by atoms with Crippen LogP contribution in [0.4, 0.5) is 0 Å². The van der Waals surface area contributed by atoms with Crippen molar-refractivity contribution in [1.29, 1.82) is 0 Å². The van der Waals surface area contributed by atoms with Gasteiger partial charge in [0.25, 0.3) is 0 Å². The summed E-state index contributed by atoms with van der Waals surface area (Å²) in [5, 5.41) is 20.5. The first-order chi connectivity index (χ1) is 5.75. The van der Waals surface area contributed by atoms with Gasteiger partial charge in [0.1, 0.15) is 11.1 Å². The number of rotatable bonds is 2. The van der Waals surface area contributed by atoms with Gasteiger partial charge in [0.15, 0.2) is 0 Å². The van der Waals surface area contributed by atoms with Gasteiger partial charge in [-0.2, -0.15) is 0 Å². The summed E-state index contributed by atoms with van der Waals surface area (Å²) >= 11 is 3.79. The lowest BCUT2D eigenvalue weighted by molar-refractivity contribution is 0.239. The Balaban J connectivity index is 2.86. The number of aliphatic hydroxyl groups excluding tert-OH is 1. The van der Waals surface area contributed by atoms with E-state index >= 15 is 0 Å². The van der Waals surface area contributed by atoms with Crippen LogP contribution in [0.5, 0.6) is 0 Å². The van der Waals surface area contributed by atoms with E-state index in [1.807, 2.05) is 6.07 Å². The van der Waals surface area contributed by atoms with E-state index in [4.69, 9.17) is 5.21 Å². The second-order valence-corrected chi connectivity index (χ2v) is 2.73.